The quantitative estimate of drug-likeness (QED) is 0.883. The maximum Gasteiger partial charge on any atom is 0.222 e. The van der Waals surface area contributed by atoms with Gasteiger partial charge in [-0.15, -0.1) is 0 Å². The molecule has 2 aliphatic heterocycles. The molecule has 2 atom stereocenters. The summed E-state index contributed by atoms with van der Waals surface area (Å²) in [5.74, 6) is 0.0514. The molecule has 2 saturated heterocycles. The maximum atomic E-state index is 11.9. The zero-order valence-corrected chi connectivity index (χ0v) is 13.7. The predicted molar refractivity (Wildman–Crippen MR) is 83.2 cm³/mol. The van der Waals surface area contributed by atoms with E-state index in [-0.39, 0.29) is 23.2 Å². The van der Waals surface area contributed by atoms with Gasteiger partial charge in [-0.3, -0.25) is 14.8 Å². The number of rotatable bonds is 4. The largest absolute Gasteiger partial charge is 0.370 e. The van der Waals surface area contributed by atoms with Crippen LogP contribution >= 0.6 is 0 Å². The normalized spacial score (nSPS) is 31.0. The Hall–Kier alpha value is -1.40. The van der Waals surface area contributed by atoms with Crippen molar-refractivity contribution in [2.45, 2.75) is 63.3 Å². The Balaban J connectivity index is 1.84. The number of aromatic nitrogens is 2. The summed E-state index contributed by atoms with van der Waals surface area (Å²) in [7, 11) is 1.69. The Bertz CT molecular complexity index is 528. The average molecular weight is 306 g/mol. The minimum Gasteiger partial charge on any atom is -0.370 e. The lowest BCUT2D eigenvalue weighted by Gasteiger charge is -2.38. The smallest absolute Gasteiger partial charge is 0.222 e. The molecule has 22 heavy (non-hydrogen) atoms. The van der Waals surface area contributed by atoms with Gasteiger partial charge in [0.2, 0.25) is 5.91 Å². The molecule has 0 saturated carbocycles. The Morgan fingerprint density at radius 2 is 2.41 bits per heavy atom. The van der Waals surface area contributed by atoms with Crippen LogP contribution in [0.15, 0.2) is 12.3 Å². The summed E-state index contributed by atoms with van der Waals surface area (Å²) in [5, 5.41) is 9.82. The van der Waals surface area contributed by atoms with Crippen molar-refractivity contribution < 1.29 is 9.53 Å². The zero-order valence-electron chi connectivity index (χ0n) is 13.7. The van der Waals surface area contributed by atoms with E-state index in [0.717, 1.165) is 38.0 Å². The third kappa shape index (κ3) is 2.77. The van der Waals surface area contributed by atoms with E-state index in [2.05, 4.69) is 34.3 Å². The van der Waals surface area contributed by atoms with Crippen LogP contribution in [0.4, 0.5) is 0 Å². The van der Waals surface area contributed by atoms with Crippen LogP contribution < -0.4 is 5.32 Å². The lowest BCUT2D eigenvalue weighted by Crippen LogP contribution is -2.51. The third-order valence-electron chi connectivity index (χ3n) is 5.03. The second kappa shape index (κ2) is 5.66. The van der Waals surface area contributed by atoms with Crippen molar-refractivity contribution in [2.24, 2.45) is 0 Å². The topological polar surface area (TPSA) is 70.2 Å². The van der Waals surface area contributed by atoms with Crippen molar-refractivity contribution in [2.75, 3.05) is 13.6 Å². The number of likely N-dealkylation sites (tertiary alicyclic amines) is 1. The van der Waals surface area contributed by atoms with Crippen LogP contribution in [0.1, 0.15) is 45.2 Å². The van der Waals surface area contributed by atoms with Crippen LogP contribution in [0.25, 0.3) is 0 Å². The number of hydrogen-bond acceptors (Lipinski definition) is 4. The molecule has 2 aliphatic rings. The van der Waals surface area contributed by atoms with Gasteiger partial charge in [0.15, 0.2) is 0 Å². The molecular formula is C16H26N4O2. The van der Waals surface area contributed by atoms with E-state index >= 15 is 0 Å². The van der Waals surface area contributed by atoms with Crippen molar-refractivity contribution in [3.63, 3.8) is 0 Å². The van der Waals surface area contributed by atoms with Crippen molar-refractivity contribution in [1.29, 1.82) is 0 Å². The molecule has 1 aromatic rings. The summed E-state index contributed by atoms with van der Waals surface area (Å²) >= 11 is 0. The van der Waals surface area contributed by atoms with Crippen molar-refractivity contribution in [1.82, 2.24) is 20.4 Å². The highest BCUT2D eigenvalue weighted by Gasteiger charge is 2.57. The summed E-state index contributed by atoms with van der Waals surface area (Å²) in [5.41, 5.74) is 0.890. The fourth-order valence-corrected chi connectivity index (χ4v) is 4.23. The van der Waals surface area contributed by atoms with Crippen LogP contribution in [-0.2, 0) is 16.1 Å². The minimum atomic E-state index is -0.185. The standard InChI is InChI=1S/C16H26N4O2/c1-15(2)11-16(13(22-15)9-14(21)17-3)6-4-8-20(16)10-12-5-7-18-19-12/h5,7,13H,4,6,8-11H2,1-3H3,(H,17,21)(H,18,19)/t13-,16+/m0/s1. The first-order valence-electron chi connectivity index (χ1n) is 8.07. The van der Waals surface area contributed by atoms with Crippen LogP contribution in [-0.4, -0.2) is 51.8 Å². The summed E-state index contributed by atoms with van der Waals surface area (Å²) in [6, 6.07) is 2.01. The van der Waals surface area contributed by atoms with E-state index in [4.69, 9.17) is 4.74 Å². The molecule has 0 aliphatic carbocycles. The number of nitrogens with zero attached hydrogens (tertiary/aromatic N) is 2. The lowest BCUT2D eigenvalue weighted by atomic mass is 9.82. The molecule has 1 spiro atoms. The molecule has 1 aromatic heterocycles. The highest BCUT2D eigenvalue weighted by Crippen LogP contribution is 2.49. The molecule has 2 fully saturated rings. The van der Waals surface area contributed by atoms with Crippen LogP contribution in [0, 0.1) is 0 Å². The Kier molecular flexibility index (Phi) is 3.99. The molecule has 3 rings (SSSR count). The van der Waals surface area contributed by atoms with E-state index in [0.29, 0.717) is 6.42 Å². The van der Waals surface area contributed by atoms with Gasteiger partial charge in [-0.25, -0.2) is 0 Å². The van der Waals surface area contributed by atoms with Crippen molar-refractivity contribution >= 4 is 5.91 Å². The molecular weight excluding hydrogens is 280 g/mol. The number of ether oxygens (including phenoxy) is 1. The van der Waals surface area contributed by atoms with Crippen LogP contribution in [0.5, 0.6) is 0 Å². The summed E-state index contributed by atoms with van der Waals surface area (Å²) in [6.07, 6.45) is 5.38. The third-order valence-corrected chi connectivity index (χ3v) is 5.03. The van der Waals surface area contributed by atoms with Gasteiger partial charge in [0.05, 0.1) is 23.7 Å². The van der Waals surface area contributed by atoms with Gasteiger partial charge < -0.3 is 10.1 Å². The Morgan fingerprint density at radius 1 is 1.59 bits per heavy atom. The summed E-state index contributed by atoms with van der Waals surface area (Å²) in [6.45, 7) is 6.14. The molecule has 2 N–H and O–H groups in total. The zero-order chi connectivity index (χ0) is 15.8. The number of hydrogen-bond donors (Lipinski definition) is 2. The summed E-state index contributed by atoms with van der Waals surface area (Å²) < 4.78 is 6.28. The van der Waals surface area contributed by atoms with Gasteiger partial charge in [-0.2, -0.15) is 5.10 Å². The molecule has 6 heteroatoms. The van der Waals surface area contributed by atoms with E-state index in [1.54, 1.807) is 13.2 Å². The highest BCUT2D eigenvalue weighted by atomic mass is 16.5. The number of nitrogens with one attached hydrogen (secondary N) is 2. The van der Waals surface area contributed by atoms with Gasteiger partial charge >= 0.3 is 0 Å². The van der Waals surface area contributed by atoms with E-state index in [9.17, 15) is 4.79 Å². The SMILES string of the molecule is CNC(=O)C[C@@H]1OC(C)(C)C[C@]12CCCN2Cc1ccn[nH]1. The second-order valence-corrected chi connectivity index (χ2v) is 7.13. The molecule has 6 nitrogen and oxygen atoms in total. The van der Waals surface area contributed by atoms with Gasteiger partial charge in [-0.05, 0) is 45.7 Å². The average Bonchev–Trinajstić information content (AvgIpc) is 3.14. The minimum absolute atomic E-state index is 0.0406. The molecule has 3 heterocycles. The number of aromatic amines is 1. The first kappa shape index (κ1) is 15.5. The predicted octanol–water partition coefficient (Wildman–Crippen LogP) is 1.45. The second-order valence-electron chi connectivity index (χ2n) is 7.13. The fourth-order valence-electron chi connectivity index (χ4n) is 4.23. The van der Waals surface area contributed by atoms with Gasteiger partial charge in [0, 0.05) is 25.5 Å². The van der Waals surface area contributed by atoms with E-state index in [1.165, 1.54) is 0 Å². The van der Waals surface area contributed by atoms with Gasteiger partial charge in [0.25, 0.3) is 0 Å². The van der Waals surface area contributed by atoms with Crippen molar-refractivity contribution in [3.8, 4) is 0 Å². The summed E-state index contributed by atoms with van der Waals surface area (Å²) in [4.78, 5) is 14.4. The maximum absolute atomic E-state index is 11.9. The first-order valence-corrected chi connectivity index (χ1v) is 8.07. The van der Waals surface area contributed by atoms with E-state index < -0.39 is 0 Å². The molecule has 0 bridgehead atoms. The molecule has 0 unspecified atom stereocenters. The monoisotopic (exact) mass is 306 g/mol. The Morgan fingerprint density at radius 3 is 3.09 bits per heavy atom. The van der Waals surface area contributed by atoms with Crippen LogP contribution in [0.2, 0.25) is 0 Å². The molecule has 0 aromatic carbocycles. The lowest BCUT2D eigenvalue weighted by molar-refractivity contribution is -0.126. The van der Waals surface area contributed by atoms with E-state index in [1.807, 2.05) is 6.07 Å². The number of carbonyl (C=O) groups excluding carboxylic acids is 1. The fraction of sp³-hybridized carbons (Fsp3) is 0.750. The molecule has 0 radical (unpaired) electrons. The van der Waals surface area contributed by atoms with Gasteiger partial charge in [0.1, 0.15) is 0 Å². The number of carbonyl (C=O) groups is 1. The molecule has 1 amide bonds. The number of H-pyrrole nitrogens is 1. The Labute approximate surface area is 131 Å². The number of amides is 1. The van der Waals surface area contributed by atoms with Crippen LogP contribution in [0.3, 0.4) is 0 Å². The van der Waals surface area contributed by atoms with Gasteiger partial charge in [-0.1, -0.05) is 0 Å². The highest BCUT2D eigenvalue weighted by molar-refractivity contribution is 5.76. The molecule has 122 valence electrons. The van der Waals surface area contributed by atoms with Crippen molar-refractivity contribution in [3.05, 3.63) is 18.0 Å². The first-order chi connectivity index (χ1) is 10.5.